The summed E-state index contributed by atoms with van der Waals surface area (Å²) in [4.78, 5) is 13.4. The van der Waals surface area contributed by atoms with Gasteiger partial charge in [-0.15, -0.1) is 0 Å². The van der Waals surface area contributed by atoms with Gasteiger partial charge in [0.25, 0.3) is 0 Å². The van der Waals surface area contributed by atoms with Crippen LogP contribution in [-0.2, 0) is 0 Å². The molecule has 5 rings (SSSR count). The van der Waals surface area contributed by atoms with Crippen LogP contribution in [0.15, 0.2) is 66.7 Å². The van der Waals surface area contributed by atoms with Crippen molar-refractivity contribution in [2.24, 2.45) is 0 Å². The number of phenolic OH excluding ortho intramolecular Hbond substituents is 2. The van der Waals surface area contributed by atoms with Crippen molar-refractivity contribution in [3.63, 3.8) is 0 Å². The largest absolute Gasteiger partial charge is 0.507 e. The highest BCUT2D eigenvalue weighted by molar-refractivity contribution is 6.11. The molecule has 0 spiro atoms. The first-order chi connectivity index (χ1) is 15.6. The van der Waals surface area contributed by atoms with Crippen molar-refractivity contribution in [3.8, 4) is 46.0 Å². The smallest absolute Gasteiger partial charge is 0.320 e. The predicted octanol–water partition coefficient (Wildman–Crippen LogP) is 4.94. The number of aromatic nitrogens is 3. The molecule has 7 nitrogen and oxygen atoms in total. The van der Waals surface area contributed by atoms with Crippen molar-refractivity contribution >= 4 is 21.5 Å². The maximum Gasteiger partial charge on any atom is 0.320 e. The average Bonchev–Trinajstić information content (AvgIpc) is 2.81. The molecule has 0 aliphatic carbocycles. The van der Waals surface area contributed by atoms with Crippen LogP contribution in [0.25, 0.3) is 44.3 Å². The minimum atomic E-state index is -0.219. The van der Waals surface area contributed by atoms with Crippen molar-refractivity contribution in [1.82, 2.24) is 15.0 Å². The SMILES string of the molecule is COc1cc(O)c(-c2nc(OC)nc(-c3c4ccccc4cc4ccccc34)n2)c(O)c1. The quantitative estimate of drug-likeness (QED) is 0.394. The fourth-order valence-corrected chi connectivity index (χ4v) is 3.86. The van der Waals surface area contributed by atoms with Gasteiger partial charge in [-0.3, -0.25) is 0 Å². The first-order valence-electron chi connectivity index (χ1n) is 9.90. The van der Waals surface area contributed by atoms with Gasteiger partial charge in [-0.05, 0) is 27.6 Å². The molecule has 0 fully saturated rings. The topological polar surface area (TPSA) is 97.6 Å². The Balaban J connectivity index is 1.84. The monoisotopic (exact) mass is 425 g/mol. The van der Waals surface area contributed by atoms with Crippen LogP contribution in [0.3, 0.4) is 0 Å². The summed E-state index contributed by atoms with van der Waals surface area (Å²) >= 11 is 0. The molecule has 0 unspecified atom stereocenters. The molecule has 7 heteroatoms. The van der Waals surface area contributed by atoms with Crippen molar-refractivity contribution in [2.75, 3.05) is 14.2 Å². The Labute approximate surface area is 183 Å². The molecule has 1 aromatic heterocycles. The van der Waals surface area contributed by atoms with E-state index in [-0.39, 0.29) is 28.9 Å². The van der Waals surface area contributed by atoms with Crippen molar-refractivity contribution in [1.29, 1.82) is 0 Å². The molecule has 32 heavy (non-hydrogen) atoms. The molecule has 0 saturated heterocycles. The first kappa shape index (κ1) is 19.6. The van der Waals surface area contributed by atoms with E-state index < -0.39 is 0 Å². The second-order valence-corrected chi connectivity index (χ2v) is 7.20. The molecule has 0 bridgehead atoms. The van der Waals surface area contributed by atoms with Crippen LogP contribution in [0, 0.1) is 0 Å². The minimum absolute atomic E-state index is 0.0663. The maximum atomic E-state index is 10.5. The van der Waals surface area contributed by atoms with Crippen LogP contribution in [0.5, 0.6) is 23.3 Å². The van der Waals surface area contributed by atoms with Gasteiger partial charge in [0, 0.05) is 17.7 Å². The number of fused-ring (bicyclic) bond motifs is 2. The Morgan fingerprint density at radius 2 is 1.16 bits per heavy atom. The van der Waals surface area contributed by atoms with E-state index in [4.69, 9.17) is 9.47 Å². The highest BCUT2D eigenvalue weighted by atomic mass is 16.5. The van der Waals surface area contributed by atoms with Crippen molar-refractivity contribution < 1.29 is 19.7 Å². The van der Waals surface area contributed by atoms with Gasteiger partial charge in [0.1, 0.15) is 22.8 Å². The summed E-state index contributed by atoms with van der Waals surface area (Å²) in [5.41, 5.74) is 0.880. The molecule has 5 aromatic rings. The molecule has 2 N–H and O–H groups in total. The average molecular weight is 425 g/mol. The lowest BCUT2D eigenvalue weighted by molar-refractivity contribution is 0.379. The highest BCUT2D eigenvalue weighted by Crippen LogP contribution is 2.41. The number of methoxy groups -OCH3 is 2. The van der Waals surface area contributed by atoms with Gasteiger partial charge in [-0.25, -0.2) is 4.98 Å². The molecular formula is C25H19N3O4. The highest BCUT2D eigenvalue weighted by Gasteiger charge is 2.20. The number of aromatic hydroxyl groups is 2. The van der Waals surface area contributed by atoms with Crippen LogP contribution in [0.1, 0.15) is 0 Å². The zero-order valence-electron chi connectivity index (χ0n) is 17.4. The standard InChI is InChI=1S/C25H19N3O4/c1-31-16-12-19(29)22(20(30)13-16)24-26-23(27-25(28-24)32-2)21-17-9-5-3-7-14(17)11-15-8-4-6-10-18(15)21/h3-13,29-30H,1-2H3. The minimum Gasteiger partial charge on any atom is -0.507 e. The molecule has 0 aliphatic heterocycles. The Kier molecular flexibility index (Phi) is 4.71. The number of phenols is 2. The Bertz CT molecular complexity index is 1410. The summed E-state index contributed by atoms with van der Waals surface area (Å²) in [6.07, 6.45) is 0. The van der Waals surface area contributed by atoms with Gasteiger partial charge in [0.15, 0.2) is 11.6 Å². The van der Waals surface area contributed by atoms with Crippen LogP contribution in [0.4, 0.5) is 0 Å². The third-order valence-electron chi connectivity index (χ3n) is 5.32. The fraction of sp³-hybridized carbons (Fsp3) is 0.0800. The van der Waals surface area contributed by atoms with E-state index in [1.54, 1.807) is 0 Å². The molecule has 158 valence electrons. The second-order valence-electron chi connectivity index (χ2n) is 7.20. The number of benzene rings is 4. The Hall–Kier alpha value is -4.39. The number of hydrogen-bond donors (Lipinski definition) is 2. The van der Waals surface area contributed by atoms with E-state index in [0.717, 1.165) is 27.1 Å². The maximum absolute atomic E-state index is 10.5. The third-order valence-corrected chi connectivity index (χ3v) is 5.32. The van der Waals surface area contributed by atoms with Crippen molar-refractivity contribution in [2.45, 2.75) is 0 Å². The summed E-state index contributed by atoms with van der Waals surface area (Å²) in [5.74, 6) is 0.327. The van der Waals surface area contributed by atoms with Gasteiger partial charge in [0.2, 0.25) is 0 Å². The number of ether oxygens (including phenoxy) is 2. The summed E-state index contributed by atoms with van der Waals surface area (Å²) in [6.45, 7) is 0. The summed E-state index contributed by atoms with van der Waals surface area (Å²) in [5, 5.41) is 25.1. The molecular weight excluding hydrogens is 406 g/mol. The van der Waals surface area contributed by atoms with Gasteiger partial charge in [0.05, 0.1) is 14.2 Å². The molecule has 4 aromatic carbocycles. The van der Waals surface area contributed by atoms with E-state index in [1.807, 2.05) is 48.5 Å². The van der Waals surface area contributed by atoms with E-state index in [1.165, 1.54) is 26.4 Å². The summed E-state index contributed by atoms with van der Waals surface area (Å²) in [6, 6.07) is 20.9. The molecule has 0 aliphatic rings. The summed E-state index contributed by atoms with van der Waals surface area (Å²) in [7, 11) is 2.90. The second kappa shape index (κ2) is 7.70. The Morgan fingerprint density at radius 1 is 0.625 bits per heavy atom. The normalized spacial score (nSPS) is 11.1. The van der Waals surface area contributed by atoms with Crippen LogP contribution in [-0.4, -0.2) is 39.4 Å². The van der Waals surface area contributed by atoms with Gasteiger partial charge < -0.3 is 19.7 Å². The molecule has 0 radical (unpaired) electrons. The summed E-state index contributed by atoms with van der Waals surface area (Å²) < 4.78 is 10.4. The third kappa shape index (κ3) is 3.20. The lowest BCUT2D eigenvalue weighted by atomic mass is 9.96. The molecule has 1 heterocycles. The lowest BCUT2D eigenvalue weighted by Gasteiger charge is -2.13. The first-order valence-corrected chi connectivity index (χ1v) is 9.90. The number of hydrogen-bond acceptors (Lipinski definition) is 7. The molecule has 0 atom stereocenters. The van der Waals surface area contributed by atoms with Gasteiger partial charge >= 0.3 is 6.01 Å². The fourth-order valence-electron chi connectivity index (χ4n) is 3.86. The van der Waals surface area contributed by atoms with Crippen LogP contribution < -0.4 is 9.47 Å². The van der Waals surface area contributed by atoms with E-state index in [0.29, 0.717) is 11.6 Å². The van der Waals surface area contributed by atoms with E-state index in [2.05, 4.69) is 21.0 Å². The van der Waals surface area contributed by atoms with Gasteiger partial charge in [-0.1, -0.05) is 48.5 Å². The zero-order valence-corrected chi connectivity index (χ0v) is 17.4. The van der Waals surface area contributed by atoms with E-state index in [9.17, 15) is 10.2 Å². The lowest BCUT2D eigenvalue weighted by Crippen LogP contribution is -2.02. The molecule has 0 amide bonds. The molecule has 0 saturated carbocycles. The number of nitrogens with zero attached hydrogens (tertiary/aromatic N) is 3. The predicted molar refractivity (Wildman–Crippen MR) is 122 cm³/mol. The number of rotatable bonds is 4. The zero-order chi connectivity index (χ0) is 22.2. The van der Waals surface area contributed by atoms with Gasteiger partial charge in [-0.2, -0.15) is 9.97 Å². The van der Waals surface area contributed by atoms with Crippen LogP contribution in [0.2, 0.25) is 0 Å². The van der Waals surface area contributed by atoms with Crippen LogP contribution >= 0.6 is 0 Å². The Morgan fingerprint density at radius 3 is 1.69 bits per heavy atom. The van der Waals surface area contributed by atoms with Crippen molar-refractivity contribution in [3.05, 3.63) is 66.7 Å². The van der Waals surface area contributed by atoms with E-state index >= 15 is 0 Å².